The van der Waals surface area contributed by atoms with Gasteiger partial charge in [0.25, 0.3) is 0 Å². The summed E-state index contributed by atoms with van der Waals surface area (Å²) in [6.07, 6.45) is 1.89. The molecule has 0 aliphatic rings. The Morgan fingerprint density at radius 2 is 2.64 bits per heavy atom. The van der Waals surface area contributed by atoms with Crippen LogP contribution in [0.4, 0.5) is 0 Å². The van der Waals surface area contributed by atoms with Gasteiger partial charge in [0.1, 0.15) is 0 Å². The second-order valence-electron chi connectivity index (χ2n) is 2.33. The number of rotatable bonds is 3. The predicted molar refractivity (Wildman–Crippen MR) is 42.3 cm³/mol. The van der Waals surface area contributed by atoms with Crippen molar-refractivity contribution in [2.24, 2.45) is 5.73 Å². The Hall–Kier alpha value is -0.810. The molecule has 4 nitrogen and oxygen atoms in total. The number of Topliss-reactive ketones (excluding diaryl/α,β-unsaturated/α-hetero) is 1. The molecule has 0 aliphatic heterocycles. The van der Waals surface area contributed by atoms with Gasteiger partial charge in [-0.05, 0) is 6.92 Å². The van der Waals surface area contributed by atoms with Gasteiger partial charge in [-0.15, -0.1) is 0 Å². The highest BCUT2D eigenvalue weighted by molar-refractivity contribution is 6.99. The van der Waals surface area contributed by atoms with Crippen LogP contribution in [0.1, 0.15) is 12.6 Å². The Labute approximate surface area is 68.8 Å². The highest BCUT2D eigenvalue weighted by Gasteiger charge is 2.09. The summed E-state index contributed by atoms with van der Waals surface area (Å²) < 4.78 is 7.66. The van der Waals surface area contributed by atoms with E-state index in [1.165, 1.54) is 0 Å². The maximum Gasteiger partial charge on any atom is 0.155 e. The molecule has 11 heavy (non-hydrogen) atoms. The summed E-state index contributed by atoms with van der Waals surface area (Å²) in [5, 5.41) is 0. The third kappa shape index (κ3) is 2.36. The fraction of sp³-hybridized carbons (Fsp3) is 0.500. The first-order chi connectivity index (χ1) is 5.20. The molecule has 0 bridgehead atoms. The number of carbonyl (C=O) groups excluding carboxylic acids is 1. The molecular weight excluding hydrogens is 162 g/mol. The van der Waals surface area contributed by atoms with Gasteiger partial charge < -0.3 is 5.73 Å². The van der Waals surface area contributed by atoms with Gasteiger partial charge in [-0.1, -0.05) is 0 Å². The van der Waals surface area contributed by atoms with E-state index in [2.05, 4.69) is 8.75 Å². The van der Waals surface area contributed by atoms with E-state index in [1.807, 2.05) is 0 Å². The van der Waals surface area contributed by atoms with Gasteiger partial charge in [-0.2, -0.15) is 8.75 Å². The minimum Gasteiger partial charge on any atom is -0.322 e. The molecule has 1 heterocycles. The Morgan fingerprint density at radius 1 is 1.91 bits per heavy atom. The second kappa shape index (κ2) is 3.54. The largest absolute Gasteiger partial charge is 0.322 e. The maximum atomic E-state index is 11.0. The SMILES string of the molecule is CC(N)C(=O)Cc1cnsn1. The number of hydrogen-bond donors (Lipinski definition) is 1. The molecule has 0 fully saturated rings. The standard InChI is InChI=1S/C6H9N3OS/c1-4(7)6(10)2-5-3-8-11-9-5/h3-4H,2,7H2,1H3. The van der Waals surface area contributed by atoms with Crippen molar-refractivity contribution in [3.63, 3.8) is 0 Å². The highest BCUT2D eigenvalue weighted by atomic mass is 32.1. The van der Waals surface area contributed by atoms with Crippen LogP contribution in [0.3, 0.4) is 0 Å². The Morgan fingerprint density at radius 3 is 3.09 bits per heavy atom. The normalized spacial score (nSPS) is 12.9. The third-order valence-corrected chi connectivity index (χ3v) is 1.79. The summed E-state index contributed by atoms with van der Waals surface area (Å²) >= 11 is 1.10. The minimum atomic E-state index is -0.406. The first kappa shape index (κ1) is 8.29. The van der Waals surface area contributed by atoms with E-state index in [0.29, 0.717) is 12.1 Å². The lowest BCUT2D eigenvalue weighted by Gasteiger charge is -1.99. The molecule has 0 spiro atoms. The zero-order chi connectivity index (χ0) is 8.27. The van der Waals surface area contributed by atoms with E-state index < -0.39 is 6.04 Å². The molecule has 1 aromatic rings. The van der Waals surface area contributed by atoms with Crippen LogP contribution >= 0.6 is 11.7 Å². The summed E-state index contributed by atoms with van der Waals surface area (Å²) in [6.45, 7) is 1.67. The first-order valence-corrected chi connectivity index (χ1v) is 3.98. The Kier molecular flexibility index (Phi) is 2.67. The summed E-state index contributed by atoms with van der Waals surface area (Å²) in [4.78, 5) is 11.0. The number of nitrogens with zero attached hydrogens (tertiary/aromatic N) is 2. The van der Waals surface area contributed by atoms with E-state index in [1.54, 1.807) is 13.1 Å². The van der Waals surface area contributed by atoms with Crippen LogP contribution < -0.4 is 5.73 Å². The van der Waals surface area contributed by atoms with Crippen LogP contribution in [0, 0.1) is 0 Å². The van der Waals surface area contributed by atoms with Crippen molar-refractivity contribution < 1.29 is 4.79 Å². The van der Waals surface area contributed by atoms with E-state index in [0.717, 1.165) is 11.7 Å². The van der Waals surface area contributed by atoms with Gasteiger partial charge >= 0.3 is 0 Å². The zero-order valence-corrected chi connectivity index (χ0v) is 6.97. The second-order valence-corrected chi connectivity index (χ2v) is 2.89. The molecule has 1 unspecified atom stereocenters. The van der Waals surface area contributed by atoms with Crippen molar-refractivity contribution in [3.8, 4) is 0 Å². The number of hydrogen-bond acceptors (Lipinski definition) is 5. The van der Waals surface area contributed by atoms with Crippen molar-refractivity contribution in [2.75, 3.05) is 0 Å². The lowest BCUT2D eigenvalue weighted by molar-refractivity contribution is -0.119. The molecule has 5 heteroatoms. The molecule has 1 rings (SSSR count). The van der Waals surface area contributed by atoms with E-state index in [-0.39, 0.29) is 5.78 Å². The number of aromatic nitrogens is 2. The van der Waals surface area contributed by atoms with Crippen LogP contribution in [-0.2, 0) is 11.2 Å². The Bertz CT molecular complexity index is 232. The van der Waals surface area contributed by atoms with Gasteiger partial charge in [0.05, 0.1) is 36.1 Å². The molecule has 0 aliphatic carbocycles. The molecule has 0 saturated heterocycles. The molecule has 60 valence electrons. The molecule has 0 amide bonds. The van der Waals surface area contributed by atoms with Crippen LogP contribution in [0.15, 0.2) is 6.20 Å². The van der Waals surface area contributed by atoms with Gasteiger partial charge in [-0.3, -0.25) is 4.79 Å². The van der Waals surface area contributed by atoms with Crippen molar-refractivity contribution in [1.82, 2.24) is 8.75 Å². The van der Waals surface area contributed by atoms with Crippen LogP contribution in [0.2, 0.25) is 0 Å². The quantitative estimate of drug-likeness (QED) is 0.694. The van der Waals surface area contributed by atoms with E-state index in [9.17, 15) is 4.79 Å². The molecule has 0 saturated carbocycles. The lowest BCUT2D eigenvalue weighted by Crippen LogP contribution is -2.28. The molecule has 0 radical (unpaired) electrons. The molecule has 0 aromatic carbocycles. The zero-order valence-electron chi connectivity index (χ0n) is 6.15. The molecule has 2 N–H and O–H groups in total. The fourth-order valence-corrected chi connectivity index (χ4v) is 1.03. The van der Waals surface area contributed by atoms with Crippen molar-refractivity contribution in [3.05, 3.63) is 11.9 Å². The number of nitrogens with two attached hydrogens (primary N) is 1. The summed E-state index contributed by atoms with van der Waals surface area (Å²) in [7, 11) is 0. The summed E-state index contributed by atoms with van der Waals surface area (Å²) in [6, 6.07) is -0.406. The molecular formula is C6H9N3OS. The minimum absolute atomic E-state index is 0.00213. The van der Waals surface area contributed by atoms with Crippen LogP contribution in [0.5, 0.6) is 0 Å². The topological polar surface area (TPSA) is 68.9 Å². The van der Waals surface area contributed by atoms with Gasteiger partial charge in [-0.25, -0.2) is 0 Å². The number of ketones is 1. The van der Waals surface area contributed by atoms with Crippen molar-refractivity contribution >= 4 is 17.5 Å². The van der Waals surface area contributed by atoms with Gasteiger partial charge in [0.2, 0.25) is 0 Å². The van der Waals surface area contributed by atoms with E-state index in [4.69, 9.17) is 5.73 Å². The summed E-state index contributed by atoms with van der Waals surface area (Å²) in [5.74, 6) is -0.00213. The lowest BCUT2D eigenvalue weighted by atomic mass is 10.1. The van der Waals surface area contributed by atoms with Crippen LogP contribution in [-0.4, -0.2) is 20.6 Å². The van der Waals surface area contributed by atoms with Crippen LogP contribution in [0.25, 0.3) is 0 Å². The summed E-state index contributed by atoms with van der Waals surface area (Å²) in [5.41, 5.74) is 6.06. The third-order valence-electron chi connectivity index (χ3n) is 1.27. The van der Waals surface area contributed by atoms with Crippen molar-refractivity contribution in [1.29, 1.82) is 0 Å². The molecule has 1 atom stereocenters. The van der Waals surface area contributed by atoms with Gasteiger partial charge in [0.15, 0.2) is 5.78 Å². The average molecular weight is 171 g/mol. The van der Waals surface area contributed by atoms with Crippen molar-refractivity contribution in [2.45, 2.75) is 19.4 Å². The smallest absolute Gasteiger partial charge is 0.155 e. The average Bonchev–Trinajstić information content (AvgIpc) is 2.39. The van der Waals surface area contributed by atoms with Gasteiger partial charge in [0, 0.05) is 0 Å². The first-order valence-electron chi connectivity index (χ1n) is 3.25. The maximum absolute atomic E-state index is 11.0. The number of carbonyl (C=O) groups is 1. The Balaban J connectivity index is 2.50. The predicted octanol–water partition coefficient (Wildman–Crippen LogP) is -0.00310. The highest BCUT2D eigenvalue weighted by Crippen LogP contribution is 1.98. The molecule has 1 aromatic heterocycles. The monoisotopic (exact) mass is 171 g/mol. The fourth-order valence-electron chi connectivity index (χ4n) is 0.601. The van der Waals surface area contributed by atoms with E-state index >= 15 is 0 Å².